The molecule has 0 saturated carbocycles. The number of para-hydroxylation sites is 2. The van der Waals surface area contributed by atoms with Gasteiger partial charge in [-0.05, 0) is 51.4 Å². The van der Waals surface area contributed by atoms with Gasteiger partial charge >= 0.3 is 0 Å². The molecule has 2 heterocycles. The molecule has 0 aromatic heterocycles. The first-order valence-electron chi connectivity index (χ1n) is 8.04. The van der Waals surface area contributed by atoms with Crippen LogP contribution in [0, 0.1) is 5.92 Å². The van der Waals surface area contributed by atoms with Crippen molar-refractivity contribution in [3.63, 3.8) is 0 Å². The molecule has 0 aliphatic carbocycles. The van der Waals surface area contributed by atoms with Crippen molar-refractivity contribution in [3.05, 3.63) is 24.3 Å². The highest BCUT2D eigenvalue weighted by Crippen LogP contribution is 2.34. The van der Waals surface area contributed by atoms with Gasteiger partial charge < -0.3 is 19.7 Å². The minimum absolute atomic E-state index is 0. The van der Waals surface area contributed by atoms with Gasteiger partial charge in [-0.25, -0.2) is 0 Å². The van der Waals surface area contributed by atoms with E-state index in [0.717, 1.165) is 26.1 Å². The predicted molar refractivity (Wildman–Crippen MR) is 91.4 cm³/mol. The monoisotopic (exact) mass is 340 g/mol. The van der Waals surface area contributed by atoms with Crippen LogP contribution < -0.4 is 14.8 Å². The van der Waals surface area contributed by atoms with Crippen LogP contribution in [-0.4, -0.2) is 49.7 Å². The van der Waals surface area contributed by atoms with E-state index in [2.05, 4.69) is 5.32 Å². The first-order chi connectivity index (χ1) is 10.7. The number of nitrogens with one attached hydrogen (secondary N) is 1. The number of hydrogen-bond donors (Lipinski definition) is 1. The molecular weight excluding hydrogens is 316 g/mol. The number of hydrogen-bond acceptors (Lipinski definition) is 4. The standard InChI is InChI=1S/C17H24N2O3.ClH/c1-12-16(22-15-8-4-3-7-14(15)21-12)17(20)19-9-5-6-13(11-19)10-18-2;/h3-4,7-8,12-13,16,18H,5-6,9-11H2,1-2H3;1H. The van der Waals surface area contributed by atoms with Crippen LogP contribution >= 0.6 is 12.4 Å². The van der Waals surface area contributed by atoms with Crippen molar-refractivity contribution >= 4 is 18.3 Å². The Balaban J connectivity index is 0.00000192. The summed E-state index contributed by atoms with van der Waals surface area (Å²) in [6.07, 6.45) is 1.40. The zero-order valence-corrected chi connectivity index (χ0v) is 14.5. The molecule has 1 saturated heterocycles. The molecule has 128 valence electrons. The maximum atomic E-state index is 12.8. The number of carbonyl (C=O) groups is 1. The molecule has 1 aromatic rings. The van der Waals surface area contributed by atoms with E-state index in [1.807, 2.05) is 43.1 Å². The normalized spacial score (nSPS) is 26.3. The second-order valence-electron chi connectivity index (χ2n) is 6.16. The van der Waals surface area contributed by atoms with Gasteiger partial charge in [0, 0.05) is 13.1 Å². The van der Waals surface area contributed by atoms with Crippen molar-refractivity contribution in [2.75, 3.05) is 26.7 Å². The number of piperidine rings is 1. The molecule has 5 nitrogen and oxygen atoms in total. The molecule has 2 aliphatic rings. The van der Waals surface area contributed by atoms with Gasteiger partial charge in [-0.2, -0.15) is 0 Å². The van der Waals surface area contributed by atoms with Crippen LogP contribution in [-0.2, 0) is 4.79 Å². The molecule has 6 heteroatoms. The number of carbonyl (C=O) groups excluding carboxylic acids is 1. The average Bonchev–Trinajstić information content (AvgIpc) is 2.54. The third kappa shape index (κ3) is 3.90. The quantitative estimate of drug-likeness (QED) is 0.915. The fourth-order valence-corrected chi connectivity index (χ4v) is 3.29. The summed E-state index contributed by atoms with van der Waals surface area (Å²) >= 11 is 0. The van der Waals surface area contributed by atoms with E-state index in [1.165, 1.54) is 6.42 Å². The van der Waals surface area contributed by atoms with E-state index in [1.54, 1.807) is 0 Å². The summed E-state index contributed by atoms with van der Waals surface area (Å²) in [5.74, 6) is 1.94. The molecule has 0 bridgehead atoms. The van der Waals surface area contributed by atoms with E-state index in [4.69, 9.17) is 9.47 Å². The van der Waals surface area contributed by atoms with Gasteiger partial charge in [-0.1, -0.05) is 12.1 Å². The Morgan fingerprint density at radius 3 is 2.70 bits per heavy atom. The molecule has 3 unspecified atom stereocenters. The summed E-state index contributed by atoms with van der Waals surface area (Å²) in [6.45, 7) is 4.46. The van der Waals surface area contributed by atoms with Crippen LogP contribution in [0.5, 0.6) is 11.5 Å². The molecular formula is C17H25ClN2O3. The van der Waals surface area contributed by atoms with Gasteiger partial charge in [0.2, 0.25) is 6.10 Å². The highest BCUT2D eigenvalue weighted by Gasteiger charge is 2.38. The highest BCUT2D eigenvalue weighted by atomic mass is 35.5. The predicted octanol–water partition coefficient (Wildman–Crippen LogP) is 2.09. The van der Waals surface area contributed by atoms with Crippen LogP contribution in [0.4, 0.5) is 0 Å². The Hall–Kier alpha value is -1.46. The van der Waals surface area contributed by atoms with Crippen molar-refractivity contribution in [2.24, 2.45) is 5.92 Å². The molecule has 1 amide bonds. The van der Waals surface area contributed by atoms with Crippen LogP contribution in [0.25, 0.3) is 0 Å². The van der Waals surface area contributed by atoms with Crippen molar-refractivity contribution in [3.8, 4) is 11.5 Å². The summed E-state index contributed by atoms with van der Waals surface area (Å²) in [7, 11) is 1.96. The van der Waals surface area contributed by atoms with E-state index >= 15 is 0 Å². The number of rotatable bonds is 3. The molecule has 3 atom stereocenters. The van der Waals surface area contributed by atoms with E-state index in [-0.39, 0.29) is 24.4 Å². The van der Waals surface area contributed by atoms with Gasteiger partial charge in [0.05, 0.1) is 0 Å². The summed E-state index contributed by atoms with van der Waals surface area (Å²) in [5, 5.41) is 3.20. The molecule has 2 aliphatic heterocycles. The Morgan fingerprint density at radius 1 is 1.30 bits per heavy atom. The van der Waals surface area contributed by atoms with Gasteiger partial charge in [0.1, 0.15) is 6.10 Å². The minimum Gasteiger partial charge on any atom is -0.482 e. The second-order valence-corrected chi connectivity index (χ2v) is 6.16. The molecule has 1 aromatic carbocycles. The average molecular weight is 341 g/mol. The number of benzene rings is 1. The summed E-state index contributed by atoms with van der Waals surface area (Å²) in [6, 6.07) is 7.52. The second kappa shape index (κ2) is 7.88. The number of likely N-dealkylation sites (tertiary alicyclic amines) is 1. The smallest absolute Gasteiger partial charge is 0.267 e. The van der Waals surface area contributed by atoms with Crippen LogP contribution in [0.2, 0.25) is 0 Å². The largest absolute Gasteiger partial charge is 0.482 e. The van der Waals surface area contributed by atoms with E-state index < -0.39 is 6.10 Å². The summed E-state index contributed by atoms with van der Waals surface area (Å²) in [5.41, 5.74) is 0. The lowest BCUT2D eigenvalue weighted by Gasteiger charge is -2.38. The molecule has 0 radical (unpaired) electrons. The molecule has 1 N–H and O–H groups in total. The Bertz CT molecular complexity index is 538. The molecule has 3 rings (SSSR count). The first kappa shape index (κ1) is 17.9. The minimum atomic E-state index is -0.553. The highest BCUT2D eigenvalue weighted by molar-refractivity contribution is 5.85. The Kier molecular flexibility index (Phi) is 6.13. The van der Waals surface area contributed by atoms with Crippen molar-refractivity contribution in [1.82, 2.24) is 10.2 Å². The van der Waals surface area contributed by atoms with Crippen molar-refractivity contribution < 1.29 is 14.3 Å². The number of fused-ring (bicyclic) bond motifs is 1. The number of ether oxygens (including phenoxy) is 2. The van der Waals surface area contributed by atoms with Gasteiger partial charge in [0.25, 0.3) is 5.91 Å². The van der Waals surface area contributed by atoms with Crippen molar-refractivity contribution in [1.29, 1.82) is 0 Å². The van der Waals surface area contributed by atoms with Gasteiger partial charge in [-0.3, -0.25) is 4.79 Å². The fourth-order valence-electron chi connectivity index (χ4n) is 3.29. The zero-order chi connectivity index (χ0) is 15.5. The number of halogens is 1. The lowest BCUT2D eigenvalue weighted by Crippen LogP contribution is -2.53. The Labute approximate surface area is 143 Å². The maximum Gasteiger partial charge on any atom is 0.267 e. The first-order valence-corrected chi connectivity index (χ1v) is 8.04. The zero-order valence-electron chi connectivity index (χ0n) is 13.7. The lowest BCUT2D eigenvalue weighted by molar-refractivity contribution is -0.146. The van der Waals surface area contributed by atoms with Crippen LogP contribution in [0.3, 0.4) is 0 Å². The summed E-state index contributed by atoms with van der Waals surface area (Å²) in [4.78, 5) is 14.8. The maximum absolute atomic E-state index is 12.8. The van der Waals surface area contributed by atoms with Gasteiger partial charge in [0.15, 0.2) is 11.5 Å². The van der Waals surface area contributed by atoms with E-state index in [9.17, 15) is 4.79 Å². The Morgan fingerprint density at radius 2 is 2.00 bits per heavy atom. The lowest BCUT2D eigenvalue weighted by atomic mass is 9.97. The molecule has 0 spiro atoms. The van der Waals surface area contributed by atoms with Crippen LogP contribution in [0.1, 0.15) is 19.8 Å². The molecule has 23 heavy (non-hydrogen) atoms. The third-order valence-corrected chi connectivity index (χ3v) is 4.41. The molecule has 1 fully saturated rings. The topological polar surface area (TPSA) is 50.8 Å². The van der Waals surface area contributed by atoms with Crippen LogP contribution in [0.15, 0.2) is 24.3 Å². The third-order valence-electron chi connectivity index (χ3n) is 4.41. The number of nitrogens with zero attached hydrogens (tertiary/aromatic N) is 1. The number of amides is 1. The SMILES string of the molecule is CNCC1CCCN(C(=O)C2Oc3ccccc3OC2C)C1.Cl. The summed E-state index contributed by atoms with van der Waals surface area (Å²) < 4.78 is 11.8. The van der Waals surface area contributed by atoms with Gasteiger partial charge in [-0.15, -0.1) is 12.4 Å². The van der Waals surface area contributed by atoms with E-state index in [0.29, 0.717) is 17.4 Å². The van der Waals surface area contributed by atoms with Crippen molar-refractivity contribution in [2.45, 2.75) is 32.0 Å². The fraction of sp³-hybridized carbons (Fsp3) is 0.588.